The highest BCUT2D eigenvalue weighted by molar-refractivity contribution is 7.89. The predicted molar refractivity (Wildman–Crippen MR) is 109 cm³/mol. The van der Waals surface area contributed by atoms with E-state index in [0.717, 1.165) is 9.87 Å². The molecule has 1 fully saturated rings. The number of nitrogens with zero attached hydrogens (tertiary/aromatic N) is 1. The lowest BCUT2D eigenvalue weighted by Gasteiger charge is -2.26. The number of hydrogen-bond donors (Lipinski definition) is 2. The van der Waals surface area contributed by atoms with Crippen LogP contribution in [-0.4, -0.2) is 51.3 Å². The summed E-state index contributed by atoms with van der Waals surface area (Å²) >= 11 is 0. The van der Waals surface area contributed by atoms with Crippen LogP contribution in [0.15, 0.2) is 59.5 Å². The van der Waals surface area contributed by atoms with Gasteiger partial charge in [-0.3, -0.25) is 9.59 Å². The predicted octanol–water partition coefficient (Wildman–Crippen LogP) is 1.47. The van der Waals surface area contributed by atoms with E-state index < -0.39 is 15.9 Å². The van der Waals surface area contributed by atoms with Crippen LogP contribution in [0, 0.1) is 0 Å². The molecule has 0 unspecified atom stereocenters. The lowest BCUT2D eigenvalue weighted by atomic mass is 10.2. The van der Waals surface area contributed by atoms with Crippen LogP contribution < -0.4 is 15.4 Å². The SMILES string of the molecule is COc1cccc(/C=C/C(=O)Nc2cccc(S(=O)(=O)N3CCNC(=O)C3)c2)c1. The highest BCUT2D eigenvalue weighted by Crippen LogP contribution is 2.20. The van der Waals surface area contributed by atoms with Gasteiger partial charge >= 0.3 is 0 Å². The maximum atomic E-state index is 12.7. The number of ether oxygens (including phenoxy) is 1. The van der Waals surface area contributed by atoms with E-state index in [0.29, 0.717) is 11.4 Å². The molecule has 3 rings (SSSR count). The van der Waals surface area contributed by atoms with Crippen molar-refractivity contribution in [3.63, 3.8) is 0 Å². The summed E-state index contributed by atoms with van der Waals surface area (Å²) in [6, 6.07) is 13.2. The standard InChI is InChI=1S/C20H21N3O5S/c1-28-17-6-2-4-15(12-17)8-9-19(24)22-16-5-3-7-18(13-16)29(26,27)23-11-10-21-20(25)14-23/h2-9,12-13H,10-11,14H2,1H3,(H,21,25)(H,22,24)/b9-8+. The number of carbonyl (C=O) groups is 2. The zero-order valence-electron chi connectivity index (χ0n) is 15.8. The van der Waals surface area contributed by atoms with Crippen LogP contribution >= 0.6 is 0 Å². The first-order chi connectivity index (χ1) is 13.9. The van der Waals surface area contributed by atoms with Crippen molar-refractivity contribution < 1.29 is 22.7 Å². The van der Waals surface area contributed by atoms with Crippen molar-refractivity contribution >= 4 is 33.6 Å². The Labute approximate surface area is 169 Å². The average Bonchev–Trinajstić information content (AvgIpc) is 2.72. The summed E-state index contributed by atoms with van der Waals surface area (Å²) in [7, 11) is -2.26. The van der Waals surface area contributed by atoms with Gasteiger partial charge in [0.25, 0.3) is 0 Å². The number of anilines is 1. The van der Waals surface area contributed by atoms with Gasteiger partial charge in [0, 0.05) is 24.9 Å². The molecular formula is C20H21N3O5S. The summed E-state index contributed by atoms with van der Waals surface area (Å²) in [6.45, 7) is 0.250. The van der Waals surface area contributed by atoms with Gasteiger partial charge in [0.2, 0.25) is 21.8 Å². The minimum Gasteiger partial charge on any atom is -0.497 e. The van der Waals surface area contributed by atoms with Gasteiger partial charge in [-0.2, -0.15) is 4.31 Å². The Kier molecular flexibility index (Phi) is 6.30. The maximum Gasteiger partial charge on any atom is 0.248 e. The molecule has 0 atom stereocenters. The molecule has 152 valence electrons. The van der Waals surface area contributed by atoms with Gasteiger partial charge in [0.15, 0.2) is 0 Å². The van der Waals surface area contributed by atoms with Crippen molar-refractivity contribution in [1.82, 2.24) is 9.62 Å². The van der Waals surface area contributed by atoms with Gasteiger partial charge in [-0.25, -0.2) is 8.42 Å². The third kappa shape index (κ3) is 5.21. The summed E-state index contributed by atoms with van der Waals surface area (Å²) in [6.07, 6.45) is 2.98. The highest BCUT2D eigenvalue weighted by Gasteiger charge is 2.29. The number of piperazine rings is 1. The molecule has 0 spiro atoms. The number of amides is 2. The molecule has 1 saturated heterocycles. The Morgan fingerprint density at radius 1 is 1.21 bits per heavy atom. The minimum atomic E-state index is -3.83. The van der Waals surface area contributed by atoms with Gasteiger partial charge in [-0.05, 0) is 42.0 Å². The molecule has 8 nitrogen and oxygen atoms in total. The fourth-order valence-electron chi connectivity index (χ4n) is 2.80. The lowest BCUT2D eigenvalue weighted by Crippen LogP contribution is -2.49. The topological polar surface area (TPSA) is 105 Å². The van der Waals surface area contributed by atoms with Crippen LogP contribution in [0.25, 0.3) is 6.08 Å². The van der Waals surface area contributed by atoms with E-state index in [1.807, 2.05) is 12.1 Å². The van der Waals surface area contributed by atoms with Crippen molar-refractivity contribution in [3.8, 4) is 5.75 Å². The Bertz CT molecular complexity index is 1050. The van der Waals surface area contributed by atoms with Crippen LogP contribution in [-0.2, 0) is 19.6 Å². The summed E-state index contributed by atoms with van der Waals surface area (Å²) in [5.41, 5.74) is 1.13. The maximum absolute atomic E-state index is 12.7. The molecule has 1 aliphatic heterocycles. The summed E-state index contributed by atoms with van der Waals surface area (Å²) in [4.78, 5) is 23.7. The molecule has 1 heterocycles. The molecule has 0 radical (unpaired) electrons. The number of hydrogen-bond acceptors (Lipinski definition) is 5. The molecule has 0 bridgehead atoms. The van der Waals surface area contributed by atoms with Crippen LogP contribution in [0.3, 0.4) is 0 Å². The van der Waals surface area contributed by atoms with Crippen molar-refractivity contribution in [3.05, 3.63) is 60.2 Å². The number of nitrogens with one attached hydrogen (secondary N) is 2. The zero-order chi connectivity index (χ0) is 20.9. The molecular weight excluding hydrogens is 394 g/mol. The van der Waals surface area contributed by atoms with E-state index in [-0.39, 0.29) is 30.4 Å². The average molecular weight is 415 g/mol. The van der Waals surface area contributed by atoms with E-state index in [1.165, 1.54) is 24.3 Å². The summed E-state index contributed by atoms with van der Waals surface area (Å²) < 4.78 is 31.8. The monoisotopic (exact) mass is 415 g/mol. The van der Waals surface area contributed by atoms with Gasteiger partial charge in [-0.15, -0.1) is 0 Å². The molecule has 2 N–H and O–H groups in total. The van der Waals surface area contributed by atoms with E-state index in [9.17, 15) is 18.0 Å². The van der Waals surface area contributed by atoms with E-state index in [1.54, 1.807) is 31.4 Å². The molecule has 9 heteroatoms. The number of rotatable bonds is 6. The minimum absolute atomic E-state index is 0.0155. The Morgan fingerprint density at radius 3 is 2.76 bits per heavy atom. The highest BCUT2D eigenvalue weighted by atomic mass is 32.2. The second kappa shape index (κ2) is 8.89. The summed E-state index contributed by atoms with van der Waals surface area (Å²) in [5, 5.41) is 5.24. The molecule has 0 saturated carbocycles. The molecule has 0 aliphatic carbocycles. The van der Waals surface area contributed by atoms with Crippen LogP contribution in [0.4, 0.5) is 5.69 Å². The quantitative estimate of drug-likeness (QED) is 0.695. The molecule has 1 aliphatic rings. The van der Waals surface area contributed by atoms with Gasteiger partial charge < -0.3 is 15.4 Å². The third-order valence-corrected chi connectivity index (χ3v) is 6.10. The van der Waals surface area contributed by atoms with E-state index in [4.69, 9.17) is 4.74 Å². The van der Waals surface area contributed by atoms with Crippen LogP contribution in [0.2, 0.25) is 0 Å². The largest absolute Gasteiger partial charge is 0.497 e. The molecule has 0 aromatic heterocycles. The lowest BCUT2D eigenvalue weighted by molar-refractivity contribution is -0.122. The van der Waals surface area contributed by atoms with Gasteiger partial charge in [-0.1, -0.05) is 18.2 Å². The second-order valence-electron chi connectivity index (χ2n) is 6.32. The smallest absolute Gasteiger partial charge is 0.248 e. The number of methoxy groups -OCH3 is 1. The van der Waals surface area contributed by atoms with Crippen LogP contribution in [0.1, 0.15) is 5.56 Å². The first-order valence-electron chi connectivity index (χ1n) is 8.88. The van der Waals surface area contributed by atoms with E-state index in [2.05, 4.69) is 10.6 Å². The van der Waals surface area contributed by atoms with Gasteiger partial charge in [0.1, 0.15) is 5.75 Å². The first kappa shape index (κ1) is 20.6. The first-order valence-corrected chi connectivity index (χ1v) is 10.3. The van der Waals surface area contributed by atoms with Gasteiger partial charge in [0.05, 0.1) is 18.6 Å². The normalized spacial score (nSPS) is 15.1. The Hall–Kier alpha value is -3.17. The second-order valence-corrected chi connectivity index (χ2v) is 8.25. The van der Waals surface area contributed by atoms with Crippen molar-refractivity contribution in [1.29, 1.82) is 0 Å². The molecule has 2 aromatic carbocycles. The van der Waals surface area contributed by atoms with Crippen molar-refractivity contribution in [2.45, 2.75) is 4.90 Å². The fourth-order valence-corrected chi connectivity index (χ4v) is 4.25. The van der Waals surface area contributed by atoms with Crippen molar-refractivity contribution in [2.24, 2.45) is 0 Å². The third-order valence-electron chi connectivity index (χ3n) is 4.26. The van der Waals surface area contributed by atoms with Crippen LogP contribution in [0.5, 0.6) is 5.75 Å². The Balaban J connectivity index is 1.71. The zero-order valence-corrected chi connectivity index (χ0v) is 16.6. The molecule has 2 aromatic rings. The number of sulfonamides is 1. The number of benzene rings is 2. The molecule has 29 heavy (non-hydrogen) atoms. The summed E-state index contributed by atoms with van der Waals surface area (Å²) in [5.74, 6) is -0.0662. The fraction of sp³-hybridized carbons (Fsp3) is 0.200. The Morgan fingerprint density at radius 2 is 2.00 bits per heavy atom. The molecule has 2 amide bonds. The van der Waals surface area contributed by atoms with Crippen molar-refractivity contribution in [2.75, 3.05) is 32.1 Å². The number of carbonyl (C=O) groups excluding carboxylic acids is 2. The van der Waals surface area contributed by atoms with E-state index >= 15 is 0 Å².